The van der Waals surface area contributed by atoms with E-state index < -0.39 is 0 Å². The summed E-state index contributed by atoms with van der Waals surface area (Å²) in [5.74, 6) is -0.303. The van der Waals surface area contributed by atoms with Crippen molar-refractivity contribution in [2.24, 2.45) is 0 Å². The molecule has 0 aliphatic heterocycles. The maximum Gasteiger partial charge on any atom is 0.148 e. The molecule has 2 rings (SSSR count). The third-order valence-corrected chi connectivity index (χ3v) is 2.43. The zero-order valence-electron chi connectivity index (χ0n) is 8.66. The Balaban J connectivity index is 2.65. The number of anilines is 1. The first kappa shape index (κ1) is 9.71. The van der Waals surface area contributed by atoms with Crippen LogP contribution in [0, 0.1) is 19.7 Å². The summed E-state index contributed by atoms with van der Waals surface area (Å²) in [4.78, 5) is 0. The molecule has 0 aliphatic rings. The monoisotopic (exact) mass is 205 g/mol. The van der Waals surface area contributed by atoms with E-state index in [4.69, 9.17) is 5.73 Å². The number of benzene rings is 1. The van der Waals surface area contributed by atoms with Crippen LogP contribution in [0.25, 0.3) is 5.69 Å². The molecule has 4 heteroatoms. The van der Waals surface area contributed by atoms with Crippen molar-refractivity contribution in [2.45, 2.75) is 13.8 Å². The van der Waals surface area contributed by atoms with E-state index in [0.29, 0.717) is 11.4 Å². The van der Waals surface area contributed by atoms with Gasteiger partial charge in [-0.1, -0.05) is 12.1 Å². The van der Waals surface area contributed by atoms with Crippen LogP contribution in [-0.2, 0) is 0 Å². The number of nitrogens with two attached hydrogens (primary N) is 1. The summed E-state index contributed by atoms with van der Waals surface area (Å²) in [5, 5.41) is 4.19. The van der Waals surface area contributed by atoms with Crippen LogP contribution in [0.3, 0.4) is 0 Å². The Kier molecular flexibility index (Phi) is 2.19. The summed E-state index contributed by atoms with van der Waals surface area (Å²) in [6.07, 6.45) is 0. The third kappa shape index (κ3) is 1.48. The highest BCUT2D eigenvalue weighted by Crippen LogP contribution is 2.20. The van der Waals surface area contributed by atoms with Crippen LogP contribution in [-0.4, -0.2) is 9.78 Å². The Labute approximate surface area is 87.3 Å². The maximum atomic E-state index is 13.5. The lowest BCUT2D eigenvalue weighted by atomic mass is 10.3. The van der Waals surface area contributed by atoms with Crippen LogP contribution in [0.1, 0.15) is 11.4 Å². The molecule has 0 radical (unpaired) electrons. The molecule has 15 heavy (non-hydrogen) atoms. The summed E-state index contributed by atoms with van der Waals surface area (Å²) < 4.78 is 15.0. The average molecular weight is 205 g/mol. The van der Waals surface area contributed by atoms with Gasteiger partial charge in [0.2, 0.25) is 0 Å². The minimum atomic E-state index is -0.303. The maximum absolute atomic E-state index is 13.5. The molecular formula is C11H12FN3. The lowest BCUT2D eigenvalue weighted by Crippen LogP contribution is -2.02. The zero-order valence-corrected chi connectivity index (χ0v) is 8.66. The molecule has 0 spiro atoms. The molecule has 2 N–H and O–H groups in total. The van der Waals surface area contributed by atoms with Crippen molar-refractivity contribution < 1.29 is 4.39 Å². The fraction of sp³-hybridized carbons (Fsp3) is 0.182. The molecule has 0 fully saturated rings. The third-order valence-electron chi connectivity index (χ3n) is 2.43. The van der Waals surface area contributed by atoms with Crippen LogP contribution < -0.4 is 5.73 Å². The first-order valence-electron chi connectivity index (χ1n) is 4.68. The molecule has 0 unspecified atom stereocenters. The molecule has 2 aromatic rings. The summed E-state index contributed by atoms with van der Waals surface area (Å²) in [7, 11) is 0. The molecular weight excluding hydrogens is 193 g/mol. The van der Waals surface area contributed by atoms with E-state index in [0.717, 1.165) is 11.4 Å². The Morgan fingerprint density at radius 1 is 1.27 bits per heavy atom. The Bertz CT molecular complexity index is 503. The second-order valence-electron chi connectivity index (χ2n) is 3.45. The molecule has 1 aromatic heterocycles. The SMILES string of the molecule is Cc1nn(-c2ccccc2F)c(C)c1N. The topological polar surface area (TPSA) is 43.8 Å². The lowest BCUT2D eigenvalue weighted by molar-refractivity contribution is 0.608. The van der Waals surface area contributed by atoms with Gasteiger partial charge in [-0.2, -0.15) is 5.10 Å². The van der Waals surface area contributed by atoms with Gasteiger partial charge in [-0.05, 0) is 26.0 Å². The van der Waals surface area contributed by atoms with Crippen molar-refractivity contribution in [1.82, 2.24) is 9.78 Å². The molecule has 1 aromatic carbocycles. The Morgan fingerprint density at radius 3 is 2.47 bits per heavy atom. The molecule has 0 amide bonds. The van der Waals surface area contributed by atoms with E-state index in [2.05, 4.69) is 5.10 Å². The van der Waals surface area contributed by atoms with Crippen LogP contribution >= 0.6 is 0 Å². The van der Waals surface area contributed by atoms with E-state index in [1.807, 2.05) is 6.92 Å². The molecule has 3 nitrogen and oxygen atoms in total. The normalized spacial score (nSPS) is 10.6. The quantitative estimate of drug-likeness (QED) is 0.775. The highest BCUT2D eigenvalue weighted by Gasteiger charge is 2.11. The number of para-hydroxylation sites is 1. The van der Waals surface area contributed by atoms with Crippen LogP contribution in [0.15, 0.2) is 24.3 Å². The molecule has 78 valence electrons. The Morgan fingerprint density at radius 2 is 1.93 bits per heavy atom. The number of hydrogen-bond donors (Lipinski definition) is 1. The predicted molar refractivity (Wildman–Crippen MR) is 57.4 cm³/mol. The molecule has 0 atom stereocenters. The van der Waals surface area contributed by atoms with E-state index >= 15 is 0 Å². The smallest absolute Gasteiger partial charge is 0.148 e. The van der Waals surface area contributed by atoms with Crippen molar-refractivity contribution in [2.75, 3.05) is 5.73 Å². The molecule has 1 heterocycles. The van der Waals surface area contributed by atoms with Gasteiger partial charge in [0.05, 0.1) is 17.1 Å². The van der Waals surface area contributed by atoms with Gasteiger partial charge < -0.3 is 5.73 Å². The van der Waals surface area contributed by atoms with E-state index in [-0.39, 0.29) is 5.82 Å². The number of rotatable bonds is 1. The number of aryl methyl sites for hydroxylation is 1. The summed E-state index contributed by atoms with van der Waals surface area (Å²) >= 11 is 0. The van der Waals surface area contributed by atoms with Gasteiger partial charge in [-0.15, -0.1) is 0 Å². The van der Waals surface area contributed by atoms with Gasteiger partial charge in [0.1, 0.15) is 11.5 Å². The van der Waals surface area contributed by atoms with Gasteiger partial charge in [-0.25, -0.2) is 9.07 Å². The highest BCUT2D eigenvalue weighted by molar-refractivity contribution is 5.50. The summed E-state index contributed by atoms with van der Waals surface area (Å²) in [6, 6.07) is 6.50. The average Bonchev–Trinajstić information content (AvgIpc) is 2.47. The van der Waals surface area contributed by atoms with Crippen LogP contribution in [0.2, 0.25) is 0 Å². The summed E-state index contributed by atoms with van der Waals surface area (Å²) in [6.45, 7) is 3.63. The van der Waals surface area contributed by atoms with Crippen LogP contribution in [0.4, 0.5) is 10.1 Å². The number of hydrogen-bond acceptors (Lipinski definition) is 2. The van der Waals surface area contributed by atoms with E-state index in [1.165, 1.54) is 10.7 Å². The van der Waals surface area contributed by atoms with Crippen molar-refractivity contribution in [3.8, 4) is 5.69 Å². The number of halogens is 1. The lowest BCUT2D eigenvalue weighted by Gasteiger charge is -2.04. The largest absolute Gasteiger partial charge is 0.396 e. The first-order chi connectivity index (χ1) is 7.11. The van der Waals surface area contributed by atoms with Crippen molar-refractivity contribution >= 4 is 5.69 Å². The molecule has 0 bridgehead atoms. The van der Waals surface area contributed by atoms with E-state index in [1.54, 1.807) is 25.1 Å². The standard InChI is InChI=1S/C11H12FN3/c1-7-11(13)8(2)15(14-7)10-6-4-3-5-9(10)12/h3-6H,13H2,1-2H3. The second kappa shape index (κ2) is 3.38. The van der Waals surface area contributed by atoms with Crippen LogP contribution in [0.5, 0.6) is 0 Å². The second-order valence-corrected chi connectivity index (χ2v) is 3.45. The van der Waals surface area contributed by atoms with Gasteiger partial charge in [-0.3, -0.25) is 0 Å². The number of aromatic nitrogens is 2. The van der Waals surface area contributed by atoms with Gasteiger partial charge >= 0.3 is 0 Å². The van der Waals surface area contributed by atoms with Gasteiger partial charge in [0.25, 0.3) is 0 Å². The summed E-state index contributed by atoms with van der Waals surface area (Å²) in [5.41, 5.74) is 8.30. The fourth-order valence-electron chi connectivity index (χ4n) is 1.51. The van der Waals surface area contributed by atoms with Crippen molar-refractivity contribution in [1.29, 1.82) is 0 Å². The van der Waals surface area contributed by atoms with Crippen molar-refractivity contribution in [3.63, 3.8) is 0 Å². The van der Waals surface area contributed by atoms with E-state index in [9.17, 15) is 4.39 Å². The van der Waals surface area contributed by atoms with Gasteiger partial charge in [0, 0.05) is 0 Å². The zero-order chi connectivity index (χ0) is 11.0. The minimum Gasteiger partial charge on any atom is -0.396 e. The molecule has 0 saturated heterocycles. The fourth-order valence-corrected chi connectivity index (χ4v) is 1.51. The predicted octanol–water partition coefficient (Wildman–Crippen LogP) is 2.21. The van der Waals surface area contributed by atoms with Gasteiger partial charge in [0.15, 0.2) is 0 Å². The number of nitrogens with zero attached hydrogens (tertiary/aromatic N) is 2. The highest BCUT2D eigenvalue weighted by atomic mass is 19.1. The minimum absolute atomic E-state index is 0.303. The molecule has 0 aliphatic carbocycles. The first-order valence-corrected chi connectivity index (χ1v) is 4.68. The number of nitrogen functional groups attached to an aromatic ring is 1. The Hall–Kier alpha value is -1.84. The molecule has 0 saturated carbocycles. The van der Waals surface area contributed by atoms with Crippen molar-refractivity contribution in [3.05, 3.63) is 41.5 Å².